The summed E-state index contributed by atoms with van der Waals surface area (Å²) < 4.78 is 0. The number of nitrogen functional groups attached to an aromatic ring is 1. The molecule has 2 aromatic rings. The van der Waals surface area contributed by atoms with Gasteiger partial charge in [-0.15, -0.1) is 0 Å². The van der Waals surface area contributed by atoms with Crippen LogP contribution in [-0.2, 0) is 17.8 Å². The Bertz CT molecular complexity index is 638. The molecule has 0 saturated heterocycles. The first-order chi connectivity index (χ1) is 10.0. The summed E-state index contributed by atoms with van der Waals surface area (Å²) in [5.41, 5.74) is 9.19. The summed E-state index contributed by atoms with van der Waals surface area (Å²) in [6.45, 7) is 2.32. The molecule has 4 heteroatoms. The van der Waals surface area contributed by atoms with Gasteiger partial charge in [-0.3, -0.25) is 4.79 Å². The monoisotopic (exact) mass is 284 g/mol. The zero-order valence-electron chi connectivity index (χ0n) is 12.1. The van der Waals surface area contributed by atoms with Gasteiger partial charge in [0.05, 0.1) is 0 Å². The summed E-state index contributed by atoms with van der Waals surface area (Å²) >= 11 is 0. The summed E-state index contributed by atoms with van der Waals surface area (Å²) in [7, 11) is 0. The van der Waals surface area contributed by atoms with Crippen molar-refractivity contribution in [1.82, 2.24) is 5.32 Å². The van der Waals surface area contributed by atoms with E-state index in [1.165, 1.54) is 11.6 Å². The maximum Gasteiger partial charge on any atom is 0.220 e. The van der Waals surface area contributed by atoms with Crippen LogP contribution in [0.4, 0.5) is 5.69 Å². The highest BCUT2D eigenvalue weighted by Gasteiger charge is 2.05. The number of carbonyl (C=O) groups excluding carboxylic acids is 1. The molecular formula is C17H20N2O2. The topological polar surface area (TPSA) is 75.4 Å². The third-order valence-electron chi connectivity index (χ3n) is 3.30. The normalized spacial score (nSPS) is 10.3. The van der Waals surface area contributed by atoms with Crippen molar-refractivity contribution < 1.29 is 9.90 Å². The van der Waals surface area contributed by atoms with E-state index in [0.717, 1.165) is 5.56 Å². The molecule has 4 nitrogen and oxygen atoms in total. The largest absolute Gasteiger partial charge is 0.508 e. The fourth-order valence-electron chi connectivity index (χ4n) is 2.15. The van der Waals surface area contributed by atoms with Gasteiger partial charge < -0.3 is 16.2 Å². The molecular weight excluding hydrogens is 264 g/mol. The summed E-state index contributed by atoms with van der Waals surface area (Å²) in [6, 6.07) is 12.9. The number of nitrogens with one attached hydrogen (secondary N) is 1. The minimum Gasteiger partial charge on any atom is -0.508 e. The number of benzene rings is 2. The van der Waals surface area contributed by atoms with Gasteiger partial charge in [-0.2, -0.15) is 0 Å². The number of rotatable bonds is 5. The zero-order chi connectivity index (χ0) is 15.2. The average Bonchev–Trinajstić information content (AvgIpc) is 2.46. The van der Waals surface area contributed by atoms with Crippen LogP contribution >= 0.6 is 0 Å². The third kappa shape index (κ3) is 4.53. The minimum absolute atomic E-state index is 0.0432. The predicted molar refractivity (Wildman–Crippen MR) is 83.9 cm³/mol. The first-order valence-electron chi connectivity index (χ1n) is 6.94. The summed E-state index contributed by atoms with van der Waals surface area (Å²) in [6.07, 6.45) is 1.13. The molecule has 0 fully saturated rings. The minimum atomic E-state index is -0.0432. The molecule has 0 aromatic heterocycles. The Kier molecular flexibility index (Phi) is 4.82. The lowest BCUT2D eigenvalue weighted by molar-refractivity contribution is -0.121. The zero-order valence-corrected chi connectivity index (χ0v) is 12.1. The van der Waals surface area contributed by atoms with E-state index >= 15 is 0 Å². The number of hydrogen-bond donors (Lipinski definition) is 3. The van der Waals surface area contributed by atoms with Gasteiger partial charge in [-0.25, -0.2) is 0 Å². The third-order valence-corrected chi connectivity index (χ3v) is 3.30. The lowest BCUT2D eigenvalue weighted by atomic mass is 10.1. The van der Waals surface area contributed by atoms with Crippen LogP contribution in [0.15, 0.2) is 42.5 Å². The Morgan fingerprint density at radius 2 is 2.05 bits per heavy atom. The average molecular weight is 284 g/mol. The van der Waals surface area contributed by atoms with Crippen molar-refractivity contribution in [2.75, 3.05) is 5.73 Å². The van der Waals surface area contributed by atoms with E-state index in [1.807, 2.05) is 25.1 Å². The van der Waals surface area contributed by atoms with E-state index in [4.69, 9.17) is 5.73 Å². The van der Waals surface area contributed by atoms with Crippen LogP contribution in [0.25, 0.3) is 0 Å². The van der Waals surface area contributed by atoms with Crippen LogP contribution in [0.5, 0.6) is 5.75 Å². The van der Waals surface area contributed by atoms with Gasteiger partial charge in [0, 0.05) is 24.2 Å². The summed E-state index contributed by atoms with van der Waals surface area (Å²) in [5.74, 6) is 0.0986. The van der Waals surface area contributed by atoms with Gasteiger partial charge >= 0.3 is 0 Å². The van der Waals surface area contributed by atoms with Crippen molar-refractivity contribution in [2.24, 2.45) is 0 Å². The van der Waals surface area contributed by atoms with Crippen molar-refractivity contribution >= 4 is 11.6 Å². The second-order valence-corrected chi connectivity index (χ2v) is 5.15. The molecule has 0 aliphatic carbocycles. The van der Waals surface area contributed by atoms with Crippen LogP contribution < -0.4 is 11.1 Å². The van der Waals surface area contributed by atoms with Crippen molar-refractivity contribution in [3.63, 3.8) is 0 Å². The van der Waals surface area contributed by atoms with E-state index < -0.39 is 0 Å². The van der Waals surface area contributed by atoms with Crippen molar-refractivity contribution in [2.45, 2.75) is 26.3 Å². The number of hydrogen-bond acceptors (Lipinski definition) is 3. The smallest absolute Gasteiger partial charge is 0.220 e. The number of nitrogens with two attached hydrogens (primary N) is 1. The molecule has 0 heterocycles. The van der Waals surface area contributed by atoms with Gasteiger partial charge in [0.25, 0.3) is 0 Å². The number of phenolic OH excluding ortho intramolecular Hbond substituents is 1. The van der Waals surface area contributed by atoms with E-state index in [9.17, 15) is 9.90 Å². The highest BCUT2D eigenvalue weighted by atomic mass is 16.3. The van der Waals surface area contributed by atoms with Gasteiger partial charge in [0.15, 0.2) is 0 Å². The lowest BCUT2D eigenvalue weighted by Crippen LogP contribution is -2.23. The summed E-state index contributed by atoms with van der Waals surface area (Å²) in [4.78, 5) is 11.8. The van der Waals surface area contributed by atoms with E-state index in [-0.39, 0.29) is 18.2 Å². The Hall–Kier alpha value is -2.49. The molecule has 0 spiro atoms. The molecule has 0 radical (unpaired) electrons. The van der Waals surface area contributed by atoms with Crippen LogP contribution in [0.3, 0.4) is 0 Å². The van der Waals surface area contributed by atoms with Crippen molar-refractivity contribution in [3.8, 4) is 5.75 Å². The Morgan fingerprint density at radius 3 is 2.81 bits per heavy atom. The van der Waals surface area contributed by atoms with Crippen LogP contribution in [0, 0.1) is 6.92 Å². The predicted octanol–water partition coefficient (Wildman–Crippen LogP) is 2.53. The first kappa shape index (κ1) is 14.9. The summed E-state index contributed by atoms with van der Waals surface area (Å²) in [5, 5.41) is 12.5. The standard InChI is InChI=1S/C17H20N2O2/c1-12-3-2-4-13(9-12)5-8-17(21)19-11-14-10-15(18)6-7-16(14)20/h2-4,6-7,9-10,20H,5,8,11,18H2,1H3,(H,19,21). The van der Waals surface area contributed by atoms with Crippen molar-refractivity contribution in [1.29, 1.82) is 0 Å². The molecule has 0 saturated carbocycles. The Labute approximate surface area is 124 Å². The molecule has 0 aliphatic heterocycles. The van der Waals surface area contributed by atoms with E-state index in [1.54, 1.807) is 12.1 Å². The van der Waals surface area contributed by atoms with Crippen molar-refractivity contribution in [3.05, 3.63) is 59.2 Å². The quantitative estimate of drug-likeness (QED) is 0.583. The fraction of sp³-hybridized carbons (Fsp3) is 0.235. The molecule has 0 unspecified atom stereocenters. The molecule has 0 bridgehead atoms. The number of carbonyl (C=O) groups is 1. The number of aryl methyl sites for hydroxylation is 2. The van der Waals surface area contributed by atoms with Crippen LogP contribution in [0.2, 0.25) is 0 Å². The first-order valence-corrected chi connectivity index (χ1v) is 6.94. The number of aromatic hydroxyl groups is 1. The van der Waals surface area contributed by atoms with Crippen LogP contribution in [-0.4, -0.2) is 11.0 Å². The van der Waals surface area contributed by atoms with E-state index in [0.29, 0.717) is 24.1 Å². The molecule has 2 rings (SSSR count). The second kappa shape index (κ2) is 6.79. The number of phenols is 1. The maximum absolute atomic E-state index is 11.8. The van der Waals surface area contributed by atoms with Gasteiger partial charge in [0.1, 0.15) is 5.75 Å². The molecule has 110 valence electrons. The van der Waals surface area contributed by atoms with Gasteiger partial charge in [-0.1, -0.05) is 29.8 Å². The molecule has 1 amide bonds. The SMILES string of the molecule is Cc1cccc(CCC(=O)NCc2cc(N)ccc2O)c1. The molecule has 4 N–H and O–H groups in total. The fourth-order valence-corrected chi connectivity index (χ4v) is 2.15. The molecule has 0 aliphatic rings. The second-order valence-electron chi connectivity index (χ2n) is 5.15. The van der Waals surface area contributed by atoms with Crippen LogP contribution in [0.1, 0.15) is 23.1 Å². The number of anilines is 1. The highest BCUT2D eigenvalue weighted by Crippen LogP contribution is 2.19. The van der Waals surface area contributed by atoms with E-state index in [2.05, 4.69) is 11.4 Å². The highest BCUT2D eigenvalue weighted by molar-refractivity contribution is 5.76. The Balaban J connectivity index is 1.83. The molecule has 2 aromatic carbocycles. The van der Waals surface area contributed by atoms with Gasteiger partial charge in [-0.05, 0) is 37.1 Å². The Morgan fingerprint density at radius 1 is 1.24 bits per heavy atom. The molecule has 21 heavy (non-hydrogen) atoms. The number of amides is 1. The maximum atomic E-state index is 11.8. The molecule has 0 atom stereocenters. The lowest BCUT2D eigenvalue weighted by Gasteiger charge is -2.08. The van der Waals surface area contributed by atoms with Gasteiger partial charge in [0.2, 0.25) is 5.91 Å².